The third kappa shape index (κ3) is 2.79. The Morgan fingerprint density at radius 2 is 1.68 bits per heavy atom. The molecule has 2 aromatic carbocycles. The molecular weight excluding hydrogens is 322 g/mol. The van der Waals surface area contributed by atoms with E-state index >= 15 is 0 Å². The second-order valence-electron chi connectivity index (χ2n) is 6.13. The van der Waals surface area contributed by atoms with Gasteiger partial charge in [-0.25, -0.2) is 4.79 Å². The molecule has 2 aliphatic rings. The number of aliphatic carboxylic acids is 1. The molecule has 0 aromatic heterocycles. The van der Waals surface area contributed by atoms with Crippen LogP contribution in [0.1, 0.15) is 17.0 Å². The molecule has 2 N–H and O–H groups in total. The molecule has 0 radical (unpaired) electrons. The Kier molecular flexibility index (Phi) is 3.99. The van der Waals surface area contributed by atoms with Crippen molar-refractivity contribution in [3.63, 3.8) is 0 Å². The minimum Gasteiger partial charge on any atom is -0.480 e. The molecule has 2 unspecified atom stereocenters. The summed E-state index contributed by atoms with van der Waals surface area (Å²) in [6.07, 6.45) is -1.03. The van der Waals surface area contributed by atoms with Gasteiger partial charge in [0.1, 0.15) is 12.6 Å². The van der Waals surface area contributed by atoms with Crippen LogP contribution >= 0.6 is 0 Å². The maximum absolute atomic E-state index is 12.2. The first-order valence-corrected chi connectivity index (χ1v) is 8.10. The summed E-state index contributed by atoms with van der Waals surface area (Å²) in [6.45, 7) is 0.135. The molecule has 0 saturated carbocycles. The van der Waals surface area contributed by atoms with Crippen LogP contribution in [0, 0.1) is 0 Å². The summed E-state index contributed by atoms with van der Waals surface area (Å²) >= 11 is 0. The zero-order chi connectivity index (χ0) is 17.4. The first kappa shape index (κ1) is 15.8. The quantitative estimate of drug-likeness (QED) is 0.826. The van der Waals surface area contributed by atoms with Gasteiger partial charge in [0.05, 0.1) is 6.61 Å². The molecule has 25 heavy (non-hydrogen) atoms. The van der Waals surface area contributed by atoms with Crippen molar-refractivity contribution in [2.24, 2.45) is 0 Å². The van der Waals surface area contributed by atoms with E-state index < -0.39 is 24.2 Å². The smallest absolute Gasteiger partial charge is 0.350 e. The summed E-state index contributed by atoms with van der Waals surface area (Å²) < 4.78 is 10.6. The number of carbonyl (C=O) groups is 2. The van der Waals surface area contributed by atoms with Crippen LogP contribution in [0.5, 0.6) is 0 Å². The second kappa shape index (κ2) is 6.31. The molecule has 0 amide bonds. The van der Waals surface area contributed by atoms with Crippen LogP contribution in [0.25, 0.3) is 11.1 Å². The predicted molar refractivity (Wildman–Crippen MR) is 89.0 cm³/mol. The van der Waals surface area contributed by atoms with Gasteiger partial charge in [0.2, 0.25) is 6.23 Å². The third-order valence-corrected chi connectivity index (χ3v) is 4.65. The number of carboxylic acids is 1. The van der Waals surface area contributed by atoms with Gasteiger partial charge in [0.25, 0.3) is 0 Å². The van der Waals surface area contributed by atoms with Crippen LogP contribution in [0.15, 0.2) is 48.5 Å². The van der Waals surface area contributed by atoms with Gasteiger partial charge in [-0.15, -0.1) is 0 Å². The number of hydrogen-bond donors (Lipinski definition) is 2. The Balaban J connectivity index is 1.48. The maximum Gasteiger partial charge on any atom is 0.350 e. The predicted octanol–water partition coefficient (Wildman–Crippen LogP) is 1.74. The lowest BCUT2D eigenvalue weighted by Gasteiger charge is -2.16. The highest BCUT2D eigenvalue weighted by molar-refractivity contribution is 5.80. The van der Waals surface area contributed by atoms with Crippen LogP contribution in [0.2, 0.25) is 0 Å². The summed E-state index contributed by atoms with van der Waals surface area (Å²) in [5, 5.41) is 11.5. The highest BCUT2D eigenvalue weighted by atomic mass is 16.6. The fourth-order valence-electron chi connectivity index (χ4n) is 3.43. The first-order valence-electron chi connectivity index (χ1n) is 8.10. The number of fused-ring (bicyclic) bond motifs is 3. The number of carbonyl (C=O) groups excluding carboxylic acids is 1. The van der Waals surface area contributed by atoms with E-state index in [2.05, 4.69) is 17.4 Å². The maximum atomic E-state index is 12.2. The Bertz CT molecular complexity index is 789. The highest BCUT2D eigenvalue weighted by Crippen LogP contribution is 2.44. The molecular formula is C19H17NO5. The van der Waals surface area contributed by atoms with E-state index in [0.717, 1.165) is 22.3 Å². The standard InChI is InChI=1S/C19H17NO5/c21-18(22)16-10-24-17(20-16)19(23)25-9-15-13-7-3-1-5-11(13)12-6-2-4-8-14(12)15/h1-8,15-17,20H,9-10H2,(H,21,22). The van der Waals surface area contributed by atoms with Gasteiger partial charge in [-0.2, -0.15) is 0 Å². The number of nitrogens with one attached hydrogen (secondary N) is 1. The SMILES string of the molecule is O=C(O)C1COC(C(=O)OCC2c3ccccc3-c3ccccc32)N1. The van der Waals surface area contributed by atoms with Crippen LogP contribution in [-0.4, -0.2) is 42.5 Å². The van der Waals surface area contributed by atoms with Gasteiger partial charge in [-0.1, -0.05) is 48.5 Å². The van der Waals surface area contributed by atoms with Gasteiger partial charge >= 0.3 is 11.9 Å². The van der Waals surface area contributed by atoms with Gasteiger partial charge in [-0.05, 0) is 22.3 Å². The molecule has 2 aromatic rings. The van der Waals surface area contributed by atoms with E-state index in [1.54, 1.807) is 0 Å². The van der Waals surface area contributed by atoms with Gasteiger partial charge in [-0.3, -0.25) is 10.1 Å². The molecule has 1 fully saturated rings. The van der Waals surface area contributed by atoms with Gasteiger partial charge in [0, 0.05) is 5.92 Å². The molecule has 1 saturated heterocycles. The van der Waals surface area contributed by atoms with Crippen molar-refractivity contribution in [2.45, 2.75) is 18.2 Å². The molecule has 0 bridgehead atoms. The van der Waals surface area contributed by atoms with E-state index in [4.69, 9.17) is 14.6 Å². The normalized spacial score (nSPS) is 21.6. The molecule has 4 rings (SSSR count). The molecule has 128 valence electrons. The lowest BCUT2D eigenvalue weighted by molar-refractivity contribution is -0.155. The Morgan fingerprint density at radius 1 is 1.08 bits per heavy atom. The molecule has 1 aliphatic heterocycles. The molecule has 6 nitrogen and oxygen atoms in total. The van der Waals surface area contributed by atoms with Crippen molar-refractivity contribution in [3.05, 3.63) is 59.7 Å². The van der Waals surface area contributed by atoms with E-state index in [-0.39, 0.29) is 19.1 Å². The van der Waals surface area contributed by atoms with Crippen LogP contribution in [0.4, 0.5) is 0 Å². The number of rotatable bonds is 4. The summed E-state index contributed by atoms with van der Waals surface area (Å²) in [7, 11) is 0. The van der Waals surface area contributed by atoms with Crippen molar-refractivity contribution in [3.8, 4) is 11.1 Å². The number of carboxylic acid groups (broad SMARTS) is 1. The van der Waals surface area contributed by atoms with Gasteiger partial charge < -0.3 is 14.6 Å². The van der Waals surface area contributed by atoms with E-state index in [1.807, 2.05) is 36.4 Å². The fraction of sp³-hybridized carbons (Fsp3) is 0.263. The second-order valence-corrected chi connectivity index (χ2v) is 6.13. The lowest BCUT2D eigenvalue weighted by atomic mass is 9.98. The van der Waals surface area contributed by atoms with Crippen molar-refractivity contribution in [1.29, 1.82) is 0 Å². The van der Waals surface area contributed by atoms with Crippen molar-refractivity contribution in [1.82, 2.24) is 5.32 Å². The van der Waals surface area contributed by atoms with E-state index in [9.17, 15) is 9.59 Å². The third-order valence-electron chi connectivity index (χ3n) is 4.65. The average Bonchev–Trinajstić information content (AvgIpc) is 3.24. The monoisotopic (exact) mass is 339 g/mol. The topological polar surface area (TPSA) is 84.9 Å². The first-order chi connectivity index (χ1) is 12.1. The summed E-state index contributed by atoms with van der Waals surface area (Å²) in [5.74, 6) is -1.67. The fourth-order valence-corrected chi connectivity index (χ4v) is 3.43. The Morgan fingerprint density at radius 3 is 2.24 bits per heavy atom. The van der Waals surface area contributed by atoms with Crippen LogP contribution in [-0.2, 0) is 19.1 Å². The zero-order valence-electron chi connectivity index (χ0n) is 13.3. The number of ether oxygens (including phenoxy) is 2. The van der Waals surface area contributed by atoms with Crippen molar-refractivity contribution >= 4 is 11.9 Å². The average molecular weight is 339 g/mol. The summed E-state index contributed by atoms with van der Waals surface area (Å²) in [5.41, 5.74) is 4.56. The van der Waals surface area contributed by atoms with Crippen molar-refractivity contribution < 1.29 is 24.2 Å². The molecule has 1 heterocycles. The zero-order valence-corrected chi connectivity index (χ0v) is 13.3. The number of benzene rings is 2. The minimum atomic E-state index is -1.05. The summed E-state index contributed by atoms with van der Waals surface area (Å²) in [4.78, 5) is 23.1. The summed E-state index contributed by atoms with van der Waals surface area (Å²) in [6, 6.07) is 15.3. The minimum absolute atomic E-state index is 0.0342. The lowest BCUT2D eigenvalue weighted by Crippen LogP contribution is -2.41. The van der Waals surface area contributed by atoms with E-state index in [0.29, 0.717) is 0 Å². The van der Waals surface area contributed by atoms with Gasteiger partial charge in [0.15, 0.2) is 0 Å². The molecule has 0 spiro atoms. The van der Waals surface area contributed by atoms with Crippen LogP contribution in [0.3, 0.4) is 0 Å². The Hall–Kier alpha value is -2.70. The number of hydrogen-bond acceptors (Lipinski definition) is 5. The Labute approximate surface area is 144 Å². The molecule has 1 aliphatic carbocycles. The highest BCUT2D eigenvalue weighted by Gasteiger charge is 2.36. The molecule has 2 atom stereocenters. The molecule has 6 heteroatoms. The largest absolute Gasteiger partial charge is 0.480 e. The number of esters is 1. The van der Waals surface area contributed by atoms with E-state index in [1.165, 1.54) is 0 Å². The van der Waals surface area contributed by atoms with Crippen molar-refractivity contribution in [2.75, 3.05) is 13.2 Å². The van der Waals surface area contributed by atoms with Crippen LogP contribution < -0.4 is 5.32 Å².